The molecular weight excluding hydrogens is 702 g/mol. The molecule has 0 aromatic heterocycles. The van der Waals surface area contributed by atoms with Crippen molar-refractivity contribution < 1.29 is 38.6 Å². The number of nitrogens with one attached hydrogen (secondary N) is 2. The number of aliphatic carboxylic acids is 1. The van der Waals surface area contributed by atoms with Crippen LogP contribution in [0.3, 0.4) is 0 Å². The summed E-state index contributed by atoms with van der Waals surface area (Å²) < 4.78 is 11.8. The average Bonchev–Trinajstić information content (AvgIpc) is 3.80. The number of aryl methyl sites for hydroxylation is 1. The number of nitrogens with zero attached hydrogens (tertiary/aromatic N) is 2. The molecule has 0 bridgehead atoms. The van der Waals surface area contributed by atoms with Gasteiger partial charge in [0.15, 0.2) is 0 Å². The number of hydrogen-bond donors (Lipinski definition) is 4. The molecule has 1 aliphatic heterocycles. The Morgan fingerprint density at radius 3 is 1.96 bits per heavy atom. The highest BCUT2D eigenvalue weighted by molar-refractivity contribution is 5.80. The number of fused-ring (bicyclic) bond motifs is 1. The minimum atomic E-state index is -1.03. The summed E-state index contributed by atoms with van der Waals surface area (Å²) in [5.74, 6) is 0.723. The van der Waals surface area contributed by atoms with E-state index < -0.39 is 12.0 Å². The van der Waals surface area contributed by atoms with Crippen molar-refractivity contribution in [3.8, 4) is 0 Å². The van der Waals surface area contributed by atoms with Crippen molar-refractivity contribution in [1.82, 2.24) is 20.4 Å². The second-order valence-corrected chi connectivity index (χ2v) is 15.5. The number of ether oxygens (including phenoxy) is 2. The maximum absolute atomic E-state index is 13.7. The molecule has 1 aromatic carbocycles. The second-order valence-electron chi connectivity index (χ2n) is 15.5. The van der Waals surface area contributed by atoms with Gasteiger partial charge in [-0.05, 0) is 56.0 Å². The molecule has 0 spiro atoms. The summed E-state index contributed by atoms with van der Waals surface area (Å²) in [4.78, 5) is 60.4. The van der Waals surface area contributed by atoms with Gasteiger partial charge in [0.2, 0.25) is 24.6 Å². The molecule has 0 radical (unpaired) electrons. The second kappa shape index (κ2) is 27.1. The fourth-order valence-electron chi connectivity index (χ4n) is 7.32. The third kappa shape index (κ3) is 17.0. The molecule has 3 rings (SSSR count). The van der Waals surface area contributed by atoms with Gasteiger partial charge in [-0.1, -0.05) is 98.1 Å². The number of carbonyl (C=O) groups is 5. The van der Waals surface area contributed by atoms with Crippen LogP contribution in [-0.4, -0.2) is 116 Å². The van der Waals surface area contributed by atoms with Gasteiger partial charge in [-0.25, -0.2) is 4.79 Å². The zero-order chi connectivity index (χ0) is 42.4. The Morgan fingerprint density at radius 2 is 1.55 bits per heavy atom. The van der Waals surface area contributed by atoms with Gasteiger partial charge < -0.3 is 40.7 Å². The Bertz CT molecular complexity index is 1260. The third-order valence-corrected chi connectivity index (χ3v) is 10.6. The predicted molar refractivity (Wildman–Crippen MR) is 218 cm³/mol. The van der Waals surface area contributed by atoms with Gasteiger partial charge in [0.05, 0.1) is 30.7 Å². The van der Waals surface area contributed by atoms with E-state index in [2.05, 4.69) is 76.7 Å². The van der Waals surface area contributed by atoms with Gasteiger partial charge in [-0.2, -0.15) is 0 Å². The van der Waals surface area contributed by atoms with Crippen molar-refractivity contribution in [2.75, 3.05) is 28.3 Å². The summed E-state index contributed by atoms with van der Waals surface area (Å²) in [6.07, 6.45) is 5.67. The molecule has 1 heterocycles. The summed E-state index contributed by atoms with van der Waals surface area (Å²) in [5.41, 5.74) is 6.18. The number of carboxylic acid groups (broad SMARTS) is 1. The van der Waals surface area contributed by atoms with Crippen molar-refractivity contribution in [1.29, 1.82) is 0 Å². The summed E-state index contributed by atoms with van der Waals surface area (Å²) in [7, 11) is 7.20. The molecule has 55 heavy (non-hydrogen) atoms. The lowest BCUT2D eigenvalue weighted by atomic mass is 9.89. The lowest BCUT2D eigenvalue weighted by Gasteiger charge is -2.40. The molecule has 13 heteroatoms. The van der Waals surface area contributed by atoms with Gasteiger partial charge in [0, 0.05) is 46.2 Å². The van der Waals surface area contributed by atoms with E-state index in [1.54, 1.807) is 14.2 Å². The van der Waals surface area contributed by atoms with E-state index in [4.69, 9.17) is 19.4 Å². The summed E-state index contributed by atoms with van der Waals surface area (Å²) >= 11 is 0. The van der Waals surface area contributed by atoms with Crippen molar-refractivity contribution in [2.24, 2.45) is 29.4 Å². The summed E-state index contributed by atoms with van der Waals surface area (Å²) in [6, 6.07) is 7.12. The molecule has 2 aliphatic rings. The molecule has 4 amide bonds. The Kier molecular flexibility index (Phi) is 25.4. The van der Waals surface area contributed by atoms with E-state index in [1.165, 1.54) is 6.42 Å². The van der Waals surface area contributed by atoms with Crippen LogP contribution in [0.1, 0.15) is 105 Å². The van der Waals surface area contributed by atoms with Gasteiger partial charge in [-0.15, -0.1) is 0 Å². The largest absolute Gasteiger partial charge is 0.480 e. The van der Waals surface area contributed by atoms with Crippen LogP contribution in [0.5, 0.6) is 0 Å². The monoisotopic (exact) mass is 778 g/mol. The van der Waals surface area contributed by atoms with Crippen molar-refractivity contribution in [3.63, 3.8) is 0 Å². The summed E-state index contributed by atoms with van der Waals surface area (Å²) in [5, 5.41) is 14.3. The highest BCUT2D eigenvalue weighted by Gasteiger charge is 2.56. The van der Waals surface area contributed by atoms with E-state index in [9.17, 15) is 19.2 Å². The van der Waals surface area contributed by atoms with Crippen LogP contribution >= 0.6 is 0 Å². The third-order valence-electron chi connectivity index (χ3n) is 10.6. The number of nitrogens with two attached hydrogens (primary N) is 1. The highest BCUT2D eigenvalue weighted by atomic mass is 16.5. The maximum atomic E-state index is 13.7. The minimum Gasteiger partial charge on any atom is -0.480 e. The van der Waals surface area contributed by atoms with E-state index in [-0.39, 0.29) is 60.9 Å². The number of primary amides is 1. The standard InChI is InChI=1S/C27H51N3O4.C11H13NO3.C3H8.CH3NO/c1-11-18(6)26(29(8)24(31)14-20(28-7)16(2)3)23(33-9)15-25(32)30-21-12-19(21)13-22(30)27(34-10)17(4)5;1-8-2-4-9(5-3-8)6-10(11(14)15)12-7-13;1-3-2;2-1-3/h16-23,26-28H,11-15H2,1-10H3;2-5,7,10H,6H2,1H3,(H,12,13)(H,14,15);3H2,1-2H3;1H,(H2,2,3). The van der Waals surface area contributed by atoms with E-state index in [1.807, 2.05) is 50.2 Å². The lowest BCUT2D eigenvalue weighted by Crippen LogP contribution is -2.53. The molecule has 5 N–H and O–H groups in total. The Balaban J connectivity index is 0.00000114. The Hall–Kier alpha value is -3.55. The first kappa shape index (κ1) is 51.5. The molecule has 13 nitrogen and oxygen atoms in total. The molecule has 1 aliphatic carbocycles. The Labute approximate surface area is 331 Å². The number of hydrogen-bond acceptors (Lipinski definition) is 8. The number of benzene rings is 1. The van der Waals surface area contributed by atoms with Gasteiger partial charge in [0.1, 0.15) is 6.04 Å². The fraction of sp³-hybridized carbons (Fsp3) is 0.738. The highest BCUT2D eigenvalue weighted by Crippen LogP contribution is 2.50. The number of likely N-dealkylation sites (tertiary alicyclic amines) is 1. The lowest BCUT2D eigenvalue weighted by molar-refractivity contribution is -0.145. The van der Waals surface area contributed by atoms with Crippen LogP contribution in [0.4, 0.5) is 0 Å². The van der Waals surface area contributed by atoms with Crippen LogP contribution in [0.15, 0.2) is 24.3 Å². The smallest absolute Gasteiger partial charge is 0.326 e. The van der Waals surface area contributed by atoms with Crippen LogP contribution in [0.2, 0.25) is 0 Å². The molecule has 9 unspecified atom stereocenters. The van der Waals surface area contributed by atoms with E-state index >= 15 is 0 Å². The number of amides is 4. The van der Waals surface area contributed by atoms with Crippen molar-refractivity contribution in [3.05, 3.63) is 35.4 Å². The van der Waals surface area contributed by atoms with Crippen LogP contribution in [0, 0.1) is 30.6 Å². The molecule has 1 aromatic rings. The van der Waals surface area contributed by atoms with Crippen LogP contribution in [-0.2, 0) is 39.9 Å². The first-order chi connectivity index (χ1) is 26.0. The quantitative estimate of drug-likeness (QED) is 0.143. The maximum Gasteiger partial charge on any atom is 0.326 e. The zero-order valence-electron chi connectivity index (χ0n) is 36.0. The molecule has 1 saturated carbocycles. The number of methoxy groups -OCH3 is 2. The molecule has 9 atom stereocenters. The van der Waals surface area contributed by atoms with Crippen molar-refractivity contribution >= 4 is 30.6 Å². The van der Waals surface area contributed by atoms with E-state index in [0.717, 1.165) is 30.4 Å². The minimum absolute atomic E-state index is 0.0434. The van der Waals surface area contributed by atoms with Gasteiger partial charge in [0.25, 0.3) is 0 Å². The first-order valence-electron chi connectivity index (χ1n) is 19.9. The summed E-state index contributed by atoms with van der Waals surface area (Å²) in [6.45, 7) is 19.1. The van der Waals surface area contributed by atoms with E-state index in [0.29, 0.717) is 43.0 Å². The van der Waals surface area contributed by atoms with Crippen molar-refractivity contribution in [2.45, 2.75) is 150 Å². The van der Waals surface area contributed by atoms with Gasteiger partial charge >= 0.3 is 5.97 Å². The topological polar surface area (TPSA) is 181 Å². The molecule has 1 saturated heterocycles. The first-order valence-corrected chi connectivity index (χ1v) is 19.9. The fourth-order valence-corrected chi connectivity index (χ4v) is 7.32. The van der Waals surface area contributed by atoms with Crippen LogP contribution in [0.25, 0.3) is 0 Å². The molecular formula is C42H75N5O8. The van der Waals surface area contributed by atoms with Crippen LogP contribution < -0.4 is 16.4 Å². The Morgan fingerprint density at radius 1 is 0.982 bits per heavy atom. The molecule has 2 fully saturated rings. The number of carboxylic acids is 1. The van der Waals surface area contributed by atoms with Gasteiger partial charge in [-0.3, -0.25) is 19.2 Å². The number of piperidine rings is 1. The number of likely N-dealkylation sites (N-methyl/N-ethyl adjacent to an activating group) is 1. The zero-order valence-corrected chi connectivity index (χ0v) is 36.0. The normalized spacial score (nSPS) is 20.0. The number of rotatable bonds is 19. The molecule has 316 valence electrons. The predicted octanol–water partition coefficient (Wildman–Crippen LogP) is 4.81. The average molecular weight is 778 g/mol. The SMILES string of the molecule is CCC.CCC(C)C(C(CC(=O)N1C2CC2CC1C(OC)C(C)C)OC)N(C)C(=O)CC(NC)C(C)C.Cc1ccc(CC(NC=O)C(=O)O)cc1.NC=O. The number of carbonyl (C=O) groups excluding carboxylic acids is 4.